The van der Waals surface area contributed by atoms with Gasteiger partial charge >= 0.3 is 6.09 Å². The Morgan fingerprint density at radius 3 is 2.40 bits per heavy atom. The number of imide groups is 1. The van der Waals surface area contributed by atoms with Crippen molar-refractivity contribution in [2.45, 2.75) is 38.8 Å². The van der Waals surface area contributed by atoms with E-state index in [9.17, 15) is 9.59 Å². The van der Waals surface area contributed by atoms with Crippen molar-refractivity contribution in [3.05, 3.63) is 114 Å². The molecule has 4 aromatic carbocycles. The average Bonchev–Trinajstić information content (AvgIpc) is 3.43. The summed E-state index contributed by atoms with van der Waals surface area (Å²) in [5.41, 5.74) is 3.98. The third kappa shape index (κ3) is 6.10. The number of carbonyl (C=O) groups excluding carboxylic acids is 2. The van der Waals surface area contributed by atoms with Crippen LogP contribution in [0.4, 0.5) is 4.79 Å². The molecule has 1 aliphatic heterocycles. The number of hydrogen-bond acceptors (Lipinski definition) is 6. The lowest BCUT2D eigenvalue weighted by molar-refractivity contribution is -0.130. The summed E-state index contributed by atoms with van der Waals surface area (Å²) >= 11 is 0. The van der Waals surface area contributed by atoms with E-state index in [0.717, 1.165) is 28.9 Å². The number of carbonyl (C=O) groups is 2. The van der Waals surface area contributed by atoms with E-state index in [2.05, 4.69) is 6.92 Å². The number of methoxy groups -OCH3 is 1. The molecule has 2 amide bonds. The van der Waals surface area contributed by atoms with Gasteiger partial charge in [-0.25, -0.2) is 9.69 Å². The summed E-state index contributed by atoms with van der Waals surface area (Å²) in [6, 6.07) is 30.2. The second-order valence-electron chi connectivity index (χ2n) is 10.1. The smallest absolute Gasteiger partial charge is 0.417 e. The van der Waals surface area contributed by atoms with E-state index in [-0.39, 0.29) is 19.1 Å². The molecule has 0 N–H and O–H groups in total. The van der Waals surface area contributed by atoms with E-state index >= 15 is 0 Å². The third-order valence-corrected chi connectivity index (χ3v) is 7.32. The Balaban J connectivity index is 1.58. The van der Waals surface area contributed by atoms with Gasteiger partial charge in [0.25, 0.3) is 0 Å². The molecule has 1 unspecified atom stereocenters. The minimum Gasteiger partial charge on any atom is -0.496 e. The number of hydrogen-bond donors (Lipinski definition) is 0. The van der Waals surface area contributed by atoms with Crippen LogP contribution in [0.5, 0.6) is 17.2 Å². The molecule has 0 aromatic heterocycles. The van der Waals surface area contributed by atoms with Gasteiger partial charge in [-0.3, -0.25) is 4.79 Å². The van der Waals surface area contributed by atoms with Crippen molar-refractivity contribution in [2.24, 2.45) is 0 Å². The molecule has 7 heteroatoms. The number of ether oxygens (including phenoxy) is 4. The van der Waals surface area contributed by atoms with E-state index < -0.39 is 18.1 Å². The van der Waals surface area contributed by atoms with Crippen molar-refractivity contribution in [3.63, 3.8) is 0 Å². The quantitative estimate of drug-likeness (QED) is 0.187. The van der Waals surface area contributed by atoms with Crippen LogP contribution in [0, 0.1) is 0 Å². The SMILES string of the molecule is CCCOc1cccc(-c2c(OC)ccc(C(C)C(=O)N3C(=O)OC[C@@H]3c3ccccc3)c2OCc2ccccc2)c1. The molecule has 42 heavy (non-hydrogen) atoms. The summed E-state index contributed by atoms with van der Waals surface area (Å²) in [7, 11) is 1.61. The number of rotatable bonds is 11. The van der Waals surface area contributed by atoms with E-state index in [1.54, 1.807) is 14.0 Å². The molecule has 0 radical (unpaired) electrons. The summed E-state index contributed by atoms with van der Waals surface area (Å²) < 4.78 is 23.6. The van der Waals surface area contributed by atoms with E-state index in [4.69, 9.17) is 18.9 Å². The largest absolute Gasteiger partial charge is 0.496 e. The van der Waals surface area contributed by atoms with Crippen LogP contribution < -0.4 is 14.2 Å². The first-order valence-corrected chi connectivity index (χ1v) is 14.2. The van der Waals surface area contributed by atoms with Crippen LogP contribution in [-0.2, 0) is 16.1 Å². The fraction of sp³-hybridized carbons (Fsp3) is 0.257. The number of cyclic esters (lactones) is 1. The van der Waals surface area contributed by atoms with Crippen LogP contribution >= 0.6 is 0 Å². The minimum absolute atomic E-state index is 0.108. The van der Waals surface area contributed by atoms with E-state index in [1.165, 1.54) is 4.90 Å². The van der Waals surface area contributed by atoms with Gasteiger partial charge in [0.1, 0.15) is 36.5 Å². The predicted octanol–water partition coefficient (Wildman–Crippen LogP) is 7.55. The summed E-state index contributed by atoms with van der Waals surface area (Å²) in [5, 5.41) is 0. The van der Waals surface area contributed by atoms with Crippen LogP contribution in [0.25, 0.3) is 11.1 Å². The highest BCUT2D eigenvalue weighted by Gasteiger charge is 2.41. The normalized spacial score (nSPS) is 15.2. The lowest BCUT2D eigenvalue weighted by Gasteiger charge is -2.26. The van der Waals surface area contributed by atoms with Crippen LogP contribution in [0.15, 0.2) is 97.1 Å². The maximum Gasteiger partial charge on any atom is 0.417 e. The fourth-order valence-corrected chi connectivity index (χ4v) is 5.14. The molecule has 1 aliphatic rings. The highest BCUT2D eigenvalue weighted by molar-refractivity contribution is 5.98. The molecule has 0 saturated carbocycles. The van der Waals surface area contributed by atoms with Gasteiger partial charge in [-0.05, 0) is 48.2 Å². The first-order chi connectivity index (χ1) is 20.5. The van der Waals surface area contributed by atoms with Gasteiger partial charge in [-0.1, -0.05) is 85.8 Å². The second-order valence-corrected chi connectivity index (χ2v) is 10.1. The molecule has 216 valence electrons. The highest BCUT2D eigenvalue weighted by atomic mass is 16.6. The number of amides is 2. The molecule has 5 rings (SSSR count). The Labute approximate surface area is 246 Å². The second kappa shape index (κ2) is 13.3. The first-order valence-electron chi connectivity index (χ1n) is 14.2. The molecule has 0 aliphatic carbocycles. The van der Waals surface area contributed by atoms with Crippen molar-refractivity contribution in [3.8, 4) is 28.4 Å². The Hall–Kier alpha value is -4.78. The number of nitrogens with zero attached hydrogens (tertiary/aromatic N) is 1. The zero-order valence-corrected chi connectivity index (χ0v) is 24.1. The van der Waals surface area contributed by atoms with E-state index in [1.807, 2.05) is 97.1 Å². The zero-order chi connectivity index (χ0) is 29.5. The standard InChI is InChI=1S/C35H35NO6/c1-4-20-40-28-17-11-16-27(21-28)32-31(39-3)19-18-29(33(32)41-22-25-12-7-5-8-13-25)24(2)34(37)36-30(23-42-35(36)38)26-14-9-6-10-15-26/h5-19,21,24,30H,4,20,22-23H2,1-3H3/t24?,30-/m1/s1. The first kappa shape index (κ1) is 28.7. The molecular weight excluding hydrogens is 530 g/mol. The van der Waals surface area contributed by atoms with Gasteiger partial charge in [0, 0.05) is 5.56 Å². The predicted molar refractivity (Wildman–Crippen MR) is 161 cm³/mol. The van der Waals surface area contributed by atoms with E-state index in [0.29, 0.717) is 29.2 Å². The van der Waals surface area contributed by atoms with Gasteiger partial charge in [0.2, 0.25) is 5.91 Å². The van der Waals surface area contributed by atoms with Crippen molar-refractivity contribution in [1.29, 1.82) is 0 Å². The minimum atomic E-state index is -0.725. The van der Waals surface area contributed by atoms with Crippen molar-refractivity contribution >= 4 is 12.0 Å². The lowest BCUT2D eigenvalue weighted by atomic mass is 9.92. The monoisotopic (exact) mass is 565 g/mol. The van der Waals surface area contributed by atoms with Crippen LogP contribution in [0.1, 0.15) is 48.9 Å². The van der Waals surface area contributed by atoms with Gasteiger partial charge < -0.3 is 18.9 Å². The Bertz CT molecular complexity index is 1520. The van der Waals surface area contributed by atoms with Crippen molar-refractivity contribution in [1.82, 2.24) is 4.90 Å². The Morgan fingerprint density at radius 1 is 0.952 bits per heavy atom. The maximum atomic E-state index is 14.1. The average molecular weight is 566 g/mol. The van der Waals surface area contributed by atoms with Gasteiger partial charge in [-0.2, -0.15) is 0 Å². The fourth-order valence-electron chi connectivity index (χ4n) is 5.14. The third-order valence-electron chi connectivity index (χ3n) is 7.32. The van der Waals surface area contributed by atoms with Crippen LogP contribution in [-0.4, -0.2) is 37.2 Å². The molecule has 1 saturated heterocycles. The molecule has 0 bridgehead atoms. The van der Waals surface area contributed by atoms with Crippen LogP contribution in [0.3, 0.4) is 0 Å². The molecule has 0 spiro atoms. The topological polar surface area (TPSA) is 74.3 Å². The maximum absolute atomic E-state index is 14.1. The molecular formula is C35H35NO6. The highest BCUT2D eigenvalue weighted by Crippen LogP contribution is 2.45. The van der Waals surface area contributed by atoms with Crippen molar-refractivity contribution < 1.29 is 28.5 Å². The summed E-state index contributed by atoms with van der Waals surface area (Å²) in [5.74, 6) is 0.738. The molecule has 1 heterocycles. The Morgan fingerprint density at radius 2 is 1.69 bits per heavy atom. The van der Waals surface area contributed by atoms with Gasteiger partial charge in [0.15, 0.2) is 0 Å². The summed E-state index contributed by atoms with van der Waals surface area (Å²) in [6.07, 6.45) is 0.235. The Kier molecular flexibility index (Phi) is 9.07. The summed E-state index contributed by atoms with van der Waals surface area (Å²) in [4.78, 5) is 28.1. The lowest BCUT2D eigenvalue weighted by Crippen LogP contribution is -2.37. The van der Waals surface area contributed by atoms with Crippen LogP contribution in [0.2, 0.25) is 0 Å². The molecule has 4 aromatic rings. The molecule has 1 fully saturated rings. The number of benzene rings is 4. The zero-order valence-electron chi connectivity index (χ0n) is 24.1. The van der Waals surface area contributed by atoms with Gasteiger partial charge in [0.05, 0.1) is 25.2 Å². The van der Waals surface area contributed by atoms with Crippen molar-refractivity contribution in [2.75, 3.05) is 20.3 Å². The van der Waals surface area contributed by atoms with Gasteiger partial charge in [-0.15, -0.1) is 0 Å². The molecule has 7 nitrogen and oxygen atoms in total. The molecule has 2 atom stereocenters. The summed E-state index contributed by atoms with van der Waals surface area (Å²) in [6.45, 7) is 4.83.